The molecule has 2 aromatic heterocycles. The summed E-state index contributed by atoms with van der Waals surface area (Å²) in [5.74, 6) is 1.82. The predicted molar refractivity (Wildman–Crippen MR) is 120 cm³/mol. The number of hydrogen-bond acceptors (Lipinski definition) is 4. The molecule has 0 aliphatic carbocycles. The van der Waals surface area contributed by atoms with Crippen molar-refractivity contribution in [3.63, 3.8) is 0 Å². The van der Waals surface area contributed by atoms with Crippen molar-refractivity contribution in [3.05, 3.63) is 46.2 Å². The van der Waals surface area contributed by atoms with Gasteiger partial charge in [0.2, 0.25) is 0 Å². The maximum absolute atomic E-state index is 4.60. The Hall–Kier alpha value is -1.68. The number of benzene rings is 1. The lowest BCUT2D eigenvalue weighted by atomic mass is 10.3. The molecule has 0 unspecified atom stereocenters. The molecule has 6 nitrogen and oxygen atoms in total. The number of para-hydroxylation sites is 2. The van der Waals surface area contributed by atoms with E-state index in [9.17, 15) is 0 Å². The molecular formula is C18H25IN6S. The van der Waals surface area contributed by atoms with Gasteiger partial charge in [-0.15, -0.1) is 35.3 Å². The van der Waals surface area contributed by atoms with E-state index in [0.717, 1.165) is 41.8 Å². The minimum Gasteiger partial charge on any atom is -0.355 e. The molecule has 0 saturated heterocycles. The van der Waals surface area contributed by atoms with Crippen molar-refractivity contribution in [2.45, 2.75) is 33.4 Å². The van der Waals surface area contributed by atoms with Crippen molar-refractivity contribution >= 4 is 52.3 Å². The number of aryl methyl sites for hydroxylation is 2. The monoisotopic (exact) mass is 484 g/mol. The van der Waals surface area contributed by atoms with Gasteiger partial charge in [0.15, 0.2) is 5.96 Å². The van der Waals surface area contributed by atoms with E-state index in [1.807, 2.05) is 31.3 Å². The van der Waals surface area contributed by atoms with Crippen LogP contribution in [0.5, 0.6) is 0 Å². The van der Waals surface area contributed by atoms with Gasteiger partial charge in [0.25, 0.3) is 0 Å². The normalized spacial score (nSPS) is 11.4. The maximum Gasteiger partial charge on any atom is 0.191 e. The second-order valence-electron chi connectivity index (χ2n) is 5.73. The Morgan fingerprint density at radius 2 is 2.08 bits per heavy atom. The fourth-order valence-electron chi connectivity index (χ4n) is 2.74. The van der Waals surface area contributed by atoms with Crippen molar-refractivity contribution in [2.24, 2.45) is 4.99 Å². The Kier molecular flexibility index (Phi) is 7.83. The number of nitrogens with one attached hydrogen (secondary N) is 2. The fourth-order valence-corrected chi connectivity index (χ4v) is 3.54. The Bertz CT molecular complexity index is 870. The van der Waals surface area contributed by atoms with Gasteiger partial charge in [-0.2, -0.15) is 0 Å². The summed E-state index contributed by atoms with van der Waals surface area (Å²) in [5.41, 5.74) is 2.21. The van der Waals surface area contributed by atoms with Gasteiger partial charge >= 0.3 is 0 Å². The summed E-state index contributed by atoms with van der Waals surface area (Å²) >= 11 is 1.74. The van der Waals surface area contributed by atoms with Crippen LogP contribution in [0.2, 0.25) is 0 Å². The second-order valence-corrected chi connectivity index (χ2v) is 6.93. The predicted octanol–water partition coefficient (Wildman–Crippen LogP) is 3.35. The van der Waals surface area contributed by atoms with Gasteiger partial charge in [-0.1, -0.05) is 19.1 Å². The van der Waals surface area contributed by atoms with Gasteiger partial charge < -0.3 is 15.2 Å². The molecule has 0 atom stereocenters. The van der Waals surface area contributed by atoms with Crippen LogP contribution >= 0.6 is 35.3 Å². The highest BCUT2D eigenvalue weighted by molar-refractivity contribution is 14.0. The highest BCUT2D eigenvalue weighted by Crippen LogP contribution is 2.15. The number of aliphatic imine (C=N–C) groups is 1. The standard InChI is InChI=1S/C18H24N6S.HI/c1-4-14-11-21-17(25-14)12-22-18(19-3)20-9-10-24-13(2)23-15-7-5-6-8-16(15)24;/h5-8,11H,4,9-10,12H2,1-3H3,(H2,19,20,22);1H. The van der Waals surface area contributed by atoms with E-state index in [0.29, 0.717) is 6.54 Å². The molecule has 1 aromatic carbocycles. The summed E-state index contributed by atoms with van der Waals surface area (Å²) in [6.07, 6.45) is 2.98. The molecular weight excluding hydrogens is 459 g/mol. The lowest BCUT2D eigenvalue weighted by Gasteiger charge is -2.12. The second kappa shape index (κ2) is 9.86. The number of thiazole rings is 1. The van der Waals surface area contributed by atoms with Crippen LogP contribution in [0, 0.1) is 6.92 Å². The Morgan fingerprint density at radius 3 is 2.81 bits per heavy atom. The zero-order chi connectivity index (χ0) is 17.6. The van der Waals surface area contributed by atoms with Crippen LogP contribution in [0.1, 0.15) is 22.6 Å². The van der Waals surface area contributed by atoms with Gasteiger partial charge in [-0.25, -0.2) is 9.97 Å². The molecule has 0 aliphatic rings. The number of nitrogens with zero attached hydrogens (tertiary/aromatic N) is 4. The van der Waals surface area contributed by atoms with Crippen molar-refractivity contribution in [2.75, 3.05) is 13.6 Å². The van der Waals surface area contributed by atoms with Crippen LogP contribution in [0.4, 0.5) is 0 Å². The van der Waals surface area contributed by atoms with Crippen molar-refractivity contribution in [3.8, 4) is 0 Å². The maximum atomic E-state index is 4.60. The van der Waals surface area contributed by atoms with Crippen LogP contribution in [-0.2, 0) is 19.5 Å². The molecule has 0 aliphatic heterocycles. The molecule has 0 fully saturated rings. The molecule has 2 heterocycles. The first-order valence-corrected chi connectivity index (χ1v) is 9.33. The third kappa shape index (κ3) is 4.94. The molecule has 0 saturated carbocycles. The zero-order valence-corrected chi connectivity index (χ0v) is 18.5. The molecule has 140 valence electrons. The number of fused-ring (bicyclic) bond motifs is 1. The van der Waals surface area contributed by atoms with Crippen molar-refractivity contribution in [1.29, 1.82) is 0 Å². The number of hydrogen-bond donors (Lipinski definition) is 2. The Labute approximate surface area is 175 Å². The highest BCUT2D eigenvalue weighted by Gasteiger charge is 2.07. The van der Waals surface area contributed by atoms with Crippen LogP contribution in [0.3, 0.4) is 0 Å². The average Bonchev–Trinajstić information content (AvgIpc) is 3.22. The highest BCUT2D eigenvalue weighted by atomic mass is 127. The van der Waals surface area contributed by atoms with E-state index in [2.05, 4.69) is 43.2 Å². The smallest absolute Gasteiger partial charge is 0.191 e. The Morgan fingerprint density at radius 1 is 1.27 bits per heavy atom. The third-order valence-electron chi connectivity index (χ3n) is 4.05. The quantitative estimate of drug-likeness (QED) is 0.320. The van der Waals surface area contributed by atoms with Crippen molar-refractivity contribution in [1.82, 2.24) is 25.2 Å². The first-order valence-electron chi connectivity index (χ1n) is 8.51. The lowest BCUT2D eigenvalue weighted by Crippen LogP contribution is -2.38. The Balaban J connectivity index is 0.00000243. The van der Waals surface area contributed by atoms with Gasteiger partial charge in [-0.3, -0.25) is 4.99 Å². The first-order chi connectivity index (χ1) is 12.2. The summed E-state index contributed by atoms with van der Waals surface area (Å²) in [5, 5.41) is 7.75. The number of guanidine groups is 1. The van der Waals surface area contributed by atoms with Gasteiger partial charge in [0.1, 0.15) is 10.8 Å². The SMILES string of the molecule is CCc1cnc(CNC(=NC)NCCn2c(C)nc3ccccc32)s1.I. The topological polar surface area (TPSA) is 67.1 Å². The molecule has 3 aromatic rings. The van der Waals surface area contributed by atoms with Crippen LogP contribution < -0.4 is 10.6 Å². The van der Waals surface area contributed by atoms with Crippen LogP contribution in [0.25, 0.3) is 11.0 Å². The number of halogens is 1. The minimum absolute atomic E-state index is 0. The number of aromatic nitrogens is 3. The van der Waals surface area contributed by atoms with E-state index in [4.69, 9.17) is 0 Å². The third-order valence-corrected chi connectivity index (χ3v) is 5.20. The molecule has 0 bridgehead atoms. The first kappa shape index (κ1) is 20.6. The molecule has 2 N–H and O–H groups in total. The minimum atomic E-state index is 0. The summed E-state index contributed by atoms with van der Waals surface area (Å²) in [7, 11) is 1.78. The van der Waals surface area contributed by atoms with Gasteiger partial charge in [0, 0.05) is 31.2 Å². The van der Waals surface area contributed by atoms with Gasteiger partial charge in [0.05, 0.1) is 17.6 Å². The van der Waals surface area contributed by atoms with Crippen molar-refractivity contribution < 1.29 is 0 Å². The molecule has 3 rings (SSSR count). The van der Waals surface area contributed by atoms with Crippen LogP contribution in [-0.4, -0.2) is 34.1 Å². The van der Waals surface area contributed by atoms with E-state index in [1.165, 1.54) is 10.4 Å². The largest absolute Gasteiger partial charge is 0.355 e. The molecule has 26 heavy (non-hydrogen) atoms. The molecule has 0 amide bonds. The molecule has 0 radical (unpaired) electrons. The summed E-state index contributed by atoms with van der Waals surface area (Å²) in [6.45, 7) is 6.49. The zero-order valence-electron chi connectivity index (χ0n) is 15.3. The summed E-state index contributed by atoms with van der Waals surface area (Å²) < 4.78 is 2.23. The lowest BCUT2D eigenvalue weighted by molar-refractivity contribution is 0.660. The summed E-state index contributed by atoms with van der Waals surface area (Å²) in [6, 6.07) is 8.22. The summed E-state index contributed by atoms with van der Waals surface area (Å²) in [4.78, 5) is 14.6. The molecule has 0 spiro atoms. The molecule has 8 heteroatoms. The number of imidazole rings is 1. The van der Waals surface area contributed by atoms with Crippen LogP contribution in [0.15, 0.2) is 35.5 Å². The fraction of sp³-hybridized carbons (Fsp3) is 0.389. The van der Waals surface area contributed by atoms with E-state index < -0.39 is 0 Å². The van der Waals surface area contributed by atoms with E-state index in [1.54, 1.807) is 18.4 Å². The van der Waals surface area contributed by atoms with E-state index in [-0.39, 0.29) is 24.0 Å². The van der Waals surface area contributed by atoms with Gasteiger partial charge in [-0.05, 0) is 25.5 Å². The van der Waals surface area contributed by atoms with E-state index >= 15 is 0 Å². The number of rotatable bonds is 6. The average molecular weight is 484 g/mol.